The largest absolute Gasteiger partial charge is 0.350 e. The Kier molecular flexibility index (Phi) is 3.96. The van der Waals surface area contributed by atoms with E-state index in [1.54, 1.807) is 0 Å². The molecule has 3 nitrogen and oxygen atoms in total. The normalized spacial score (nSPS) is 19.1. The predicted molar refractivity (Wildman–Crippen MR) is 63.6 cm³/mol. The smallest absolute Gasteiger partial charge is 0.240 e. The van der Waals surface area contributed by atoms with E-state index >= 15 is 0 Å². The third-order valence-electron chi connectivity index (χ3n) is 4.08. The third-order valence-corrected chi connectivity index (χ3v) is 4.08. The van der Waals surface area contributed by atoms with Crippen LogP contribution in [0.15, 0.2) is 0 Å². The van der Waals surface area contributed by atoms with Crippen LogP contribution in [-0.2, 0) is 4.79 Å². The van der Waals surface area contributed by atoms with E-state index in [-0.39, 0.29) is 11.4 Å². The highest BCUT2D eigenvalue weighted by atomic mass is 16.2. The Morgan fingerprint density at radius 1 is 1.38 bits per heavy atom. The molecule has 16 heavy (non-hydrogen) atoms. The SMILES string of the molecule is CCC(C)(CC)NC(=O)C1(C#N)CCCC1. The van der Waals surface area contributed by atoms with Crippen molar-refractivity contribution in [2.75, 3.05) is 0 Å². The van der Waals surface area contributed by atoms with E-state index in [0.29, 0.717) is 0 Å². The molecule has 1 fully saturated rings. The van der Waals surface area contributed by atoms with Gasteiger partial charge in [0.25, 0.3) is 0 Å². The molecule has 90 valence electrons. The maximum atomic E-state index is 12.2. The number of hydrogen-bond donors (Lipinski definition) is 1. The van der Waals surface area contributed by atoms with Crippen LogP contribution in [0.25, 0.3) is 0 Å². The van der Waals surface area contributed by atoms with E-state index in [4.69, 9.17) is 0 Å². The van der Waals surface area contributed by atoms with Crippen LogP contribution in [0.1, 0.15) is 59.3 Å². The van der Waals surface area contributed by atoms with E-state index in [1.165, 1.54) is 0 Å². The summed E-state index contributed by atoms with van der Waals surface area (Å²) in [5.41, 5.74) is -0.908. The first-order valence-electron chi connectivity index (χ1n) is 6.26. The Morgan fingerprint density at radius 2 is 1.88 bits per heavy atom. The molecule has 3 heteroatoms. The van der Waals surface area contributed by atoms with Crippen LogP contribution in [0.5, 0.6) is 0 Å². The first-order chi connectivity index (χ1) is 7.52. The van der Waals surface area contributed by atoms with Gasteiger partial charge in [0.1, 0.15) is 5.41 Å². The lowest BCUT2D eigenvalue weighted by atomic mass is 9.85. The summed E-state index contributed by atoms with van der Waals surface area (Å²) in [4.78, 5) is 12.2. The van der Waals surface area contributed by atoms with Crippen molar-refractivity contribution in [1.82, 2.24) is 5.32 Å². The lowest BCUT2D eigenvalue weighted by molar-refractivity contribution is -0.129. The number of rotatable bonds is 4. The number of hydrogen-bond acceptors (Lipinski definition) is 2. The zero-order chi connectivity index (χ0) is 12.2. The van der Waals surface area contributed by atoms with Gasteiger partial charge in [-0.25, -0.2) is 0 Å². The van der Waals surface area contributed by atoms with Crippen molar-refractivity contribution < 1.29 is 4.79 Å². The van der Waals surface area contributed by atoms with Crippen LogP contribution in [-0.4, -0.2) is 11.4 Å². The van der Waals surface area contributed by atoms with Gasteiger partial charge in [0.2, 0.25) is 5.91 Å². The van der Waals surface area contributed by atoms with Crippen LogP contribution in [0.2, 0.25) is 0 Å². The van der Waals surface area contributed by atoms with Gasteiger partial charge in [-0.3, -0.25) is 4.79 Å². The molecule has 0 aromatic rings. The fraction of sp³-hybridized carbons (Fsp3) is 0.846. The topological polar surface area (TPSA) is 52.9 Å². The molecule has 0 radical (unpaired) electrons. The number of amides is 1. The Labute approximate surface area is 98.2 Å². The molecule has 1 N–H and O–H groups in total. The minimum Gasteiger partial charge on any atom is -0.350 e. The molecule has 0 heterocycles. The molecular weight excluding hydrogens is 200 g/mol. The molecule has 0 bridgehead atoms. The third kappa shape index (κ3) is 2.37. The quantitative estimate of drug-likeness (QED) is 0.795. The van der Waals surface area contributed by atoms with Crippen molar-refractivity contribution >= 4 is 5.91 Å². The van der Waals surface area contributed by atoms with Crippen LogP contribution in [0, 0.1) is 16.7 Å². The van der Waals surface area contributed by atoms with Gasteiger partial charge in [0.15, 0.2) is 0 Å². The number of carbonyl (C=O) groups excluding carboxylic acids is 1. The van der Waals surface area contributed by atoms with Crippen LogP contribution < -0.4 is 5.32 Å². The van der Waals surface area contributed by atoms with Gasteiger partial charge in [0.05, 0.1) is 6.07 Å². The van der Waals surface area contributed by atoms with E-state index < -0.39 is 5.41 Å². The summed E-state index contributed by atoms with van der Waals surface area (Å²) in [7, 11) is 0. The van der Waals surface area contributed by atoms with Gasteiger partial charge < -0.3 is 5.32 Å². The Bertz CT molecular complexity index is 294. The molecule has 1 aliphatic carbocycles. The highest BCUT2D eigenvalue weighted by Crippen LogP contribution is 2.38. The molecule has 1 aliphatic rings. The minimum absolute atomic E-state index is 0.0568. The summed E-state index contributed by atoms with van der Waals surface area (Å²) in [6.45, 7) is 6.18. The molecule has 0 unspecified atom stereocenters. The highest BCUT2D eigenvalue weighted by Gasteiger charge is 2.43. The highest BCUT2D eigenvalue weighted by molar-refractivity contribution is 5.86. The average Bonchev–Trinajstić information content (AvgIpc) is 2.78. The predicted octanol–water partition coefficient (Wildman–Crippen LogP) is 2.77. The van der Waals surface area contributed by atoms with Crippen LogP contribution in [0.3, 0.4) is 0 Å². The molecular formula is C13H22N2O. The van der Waals surface area contributed by atoms with Gasteiger partial charge in [-0.2, -0.15) is 5.26 Å². The number of nitriles is 1. The van der Waals surface area contributed by atoms with Gasteiger partial charge in [-0.05, 0) is 32.6 Å². The monoisotopic (exact) mass is 222 g/mol. The maximum absolute atomic E-state index is 12.2. The van der Waals surface area contributed by atoms with Gasteiger partial charge in [-0.1, -0.05) is 26.7 Å². The van der Waals surface area contributed by atoms with Crippen molar-refractivity contribution in [3.63, 3.8) is 0 Å². The van der Waals surface area contributed by atoms with Crippen molar-refractivity contribution in [3.05, 3.63) is 0 Å². The second-order valence-electron chi connectivity index (χ2n) is 5.12. The van der Waals surface area contributed by atoms with E-state index in [2.05, 4.69) is 25.2 Å². The molecule has 0 aromatic carbocycles. The first kappa shape index (κ1) is 13.0. The molecule has 0 aromatic heterocycles. The molecule has 1 saturated carbocycles. The molecule has 0 spiro atoms. The fourth-order valence-corrected chi connectivity index (χ4v) is 2.19. The van der Waals surface area contributed by atoms with Crippen LogP contribution >= 0.6 is 0 Å². The van der Waals surface area contributed by atoms with Crippen molar-refractivity contribution in [2.45, 2.75) is 64.8 Å². The Morgan fingerprint density at radius 3 is 2.25 bits per heavy atom. The number of nitrogens with one attached hydrogen (secondary N) is 1. The van der Waals surface area contributed by atoms with E-state index in [0.717, 1.165) is 38.5 Å². The van der Waals surface area contributed by atoms with Crippen molar-refractivity contribution in [2.24, 2.45) is 5.41 Å². The summed E-state index contributed by atoms with van der Waals surface area (Å²) in [5, 5.41) is 12.3. The van der Waals surface area contributed by atoms with Gasteiger partial charge in [0, 0.05) is 5.54 Å². The zero-order valence-corrected chi connectivity index (χ0v) is 10.6. The molecule has 1 amide bonds. The molecule has 1 rings (SSSR count). The van der Waals surface area contributed by atoms with E-state index in [1.807, 2.05) is 6.92 Å². The standard InChI is InChI=1S/C13H22N2O/c1-4-12(3,5-2)15-11(16)13(10-14)8-6-7-9-13/h4-9H2,1-3H3,(H,15,16). The summed E-state index contributed by atoms with van der Waals surface area (Å²) in [6, 6.07) is 2.24. The van der Waals surface area contributed by atoms with Gasteiger partial charge >= 0.3 is 0 Å². The summed E-state index contributed by atoms with van der Waals surface area (Å²) >= 11 is 0. The lowest BCUT2D eigenvalue weighted by Crippen LogP contribution is -2.50. The molecule has 0 aliphatic heterocycles. The summed E-state index contributed by atoms with van der Waals surface area (Å²) in [5.74, 6) is -0.0568. The average molecular weight is 222 g/mol. The van der Waals surface area contributed by atoms with Crippen LogP contribution in [0.4, 0.5) is 0 Å². The van der Waals surface area contributed by atoms with Crippen molar-refractivity contribution in [1.29, 1.82) is 5.26 Å². The van der Waals surface area contributed by atoms with Gasteiger partial charge in [-0.15, -0.1) is 0 Å². The Hall–Kier alpha value is -1.04. The summed E-state index contributed by atoms with van der Waals surface area (Å²) in [6.07, 6.45) is 5.23. The summed E-state index contributed by atoms with van der Waals surface area (Å²) < 4.78 is 0. The maximum Gasteiger partial charge on any atom is 0.240 e. The van der Waals surface area contributed by atoms with E-state index in [9.17, 15) is 10.1 Å². The van der Waals surface area contributed by atoms with Crippen molar-refractivity contribution in [3.8, 4) is 6.07 Å². The second-order valence-corrected chi connectivity index (χ2v) is 5.12. The number of carbonyl (C=O) groups is 1. The fourth-order valence-electron chi connectivity index (χ4n) is 2.19. The molecule has 0 saturated heterocycles. The lowest BCUT2D eigenvalue weighted by Gasteiger charge is -2.32. The minimum atomic E-state index is -0.744. The second kappa shape index (κ2) is 4.86. The Balaban J connectivity index is 2.75. The zero-order valence-electron chi connectivity index (χ0n) is 10.6. The first-order valence-corrected chi connectivity index (χ1v) is 6.26. The molecule has 0 atom stereocenters. The number of nitrogens with zero attached hydrogens (tertiary/aromatic N) is 1.